The summed E-state index contributed by atoms with van der Waals surface area (Å²) >= 11 is 0. The van der Waals surface area contributed by atoms with E-state index in [4.69, 9.17) is 4.74 Å². The van der Waals surface area contributed by atoms with Crippen molar-refractivity contribution in [2.75, 3.05) is 7.11 Å². The fourth-order valence-corrected chi connectivity index (χ4v) is 3.13. The molecule has 0 aromatic heterocycles. The van der Waals surface area contributed by atoms with Gasteiger partial charge < -0.3 is 4.74 Å². The Hall–Kier alpha value is -0.370. The number of Topliss-reactive ketones (excluding diaryl/α,β-unsaturated/α-hetero) is 1. The van der Waals surface area contributed by atoms with E-state index in [2.05, 4.69) is 27.7 Å². The smallest absolute Gasteiger partial charge is 0.164 e. The van der Waals surface area contributed by atoms with Crippen molar-refractivity contribution in [2.24, 2.45) is 23.7 Å². The molecule has 0 aliphatic heterocycles. The molecule has 0 aromatic rings. The summed E-state index contributed by atoms with van der Waals surface area (Å²) in [5.74, 6) is 2.21. The number of hydrogen-bond donors (Lipinski definition) is 0. The highest BCUT2D eigenvalue weighted by Gasteiger charge is 2.34. The Morgan fingerprint density at radius 3 is 2.00 bits per heavy atom. The average Bonchev–Trinajstić information content (AvgIpc) is 2.16. The lowest BCUT2D eigenvalue weighted by atomic mass is 9.73. The van der Waals surface area contributed by atoms with Gasteiger partial charge in [-0.3, -0.25) is 4.79 Å². The van der Waals surface area contributed by atoms with Gasteiger partial charge >= 0.3 is 0 Å². The lowest BCUT2D eigenvalue weighted by molar-refractivity contribution is -0.137. The summed E-state index contributed by atoms with van der Waals surface area (Å²) < 4.78 is 5.35. The predicted molar refractivity (Wildman–Crippen MR) is 66.3 cm³/mol. The highest BCUT2D eigenvalue weighted by atomic mass is 16.5. The number of ketones is 1. The van der Waals surface area contributed by atoms with Crippen molar-refractivity contribution in [3.8, 4) is 0 Å². The van der Waals surface area contributed by atoms with E-state index in [1.165, 1.54) is 6.42 Å². The molecule has 0 radical (unpaired) electrons. The normalized spacial score (nSPS) is 32.8. The molecule has 3 unspecified atom stereocenters. The first kappa shape index (κ1) is 13.7. The minimum atomic E-state index is -0.206. The van der Waals surface area contributed by atoms with Crippen LogP contribution in [0.2, 0.25) is 0 Å². The highest BCUT2D eigenvalue weighted by Crippen LogP contribution is 2.34. The first-order valence-electron chi connectivity index (χ1n) is 6.52. The molecule has 0 heterocycles. The second-order valence-corrected chi connectivity index (χ2v) is 5.92. The fraction of sp³-hybridized carbons (Fsp3) is 0.929. The molecule has 1 fully saturated rings. The lowest BCUT2D eigenvalue weighted by Crippen LogP contribution is -2.37. The maximum Gasteiger partial charge on any atom is 0.164 e. The van der Waals surface area contributed by atoms with Crippen molar-refractivity contribution in [2.45, 2.75) is 53.1 Å². The molecule has 0 N–H and O–H groups in total. The Morgan fingerprint density at radius 1 is 1.12 bits per heavy atom. The molecule has 16 heavy (non-hydrogen) atoms. The van der Waals surface area contributed by atoms with Gasteiger partial charge in [0.1, 0.15) is 6.10 Å². The van der Waals surface area contributed by atoms with Crippen LogP contribution in [-0.2, 0) is 9.53 Å². The number of methoxy groups -OCH3 is 1. The number of ether oxygens (including phenoxy) is 1. The van der Waals surface area contributed by atoms with Crippen molar-refractivity contribution < 1.29 is 9.53 Å². The Balaban J connectivity index is 2.65. The monoisotopic (exact) mass is 226 g/mol. The third kappa shape index (κ3) is 3.31. The molecule has 0 amide bonds. The third-order valence-electron chi connectivity index (χ3n) is 3.72. The Labute approximate surface area is 99.8 Å². The minimum Gasteiger partial charge on any atom is -0.373 e. The number of carbonyl (C=O) groups excluding carboxylic acids is 1. The summed E-state index contributed by atoms with van der Waals surface area (Å²) in [7, 11) is 1.65. The van der Waals surface area contributed by atoms with Gasteiger partial charge in [-0.15, -0.1) is 0 Å². The average molecular weight is 226 g/mol. The lowest BCUT2D eigenvalue weighted by Gasteiger charge is -2.33. The quantitative estimate of drug-likeness (QED) is 0.735. The van der Waals surface area contributed by atoms with Gasteiger partial charge in [-0.05, 0) is 37.0 Å². The summed E-state index contributed by atoms with van der Waals surface area (Å²) in [6.07, 6.45) is 3.16. The van der Waals surface area contributed by atoms with E-state index in [1.807, 2.05) is 0 Å². The van der Waals surface area contributed by atoms with Crippen molar-refractivity contribution in [3.63, 3.8) is 0 Å². The van der Waals surface area contributed by atoms with E-state index >= 15 is 0 Å². The molecule has 2 nitrogen and oxygen atoms in total. The largest absolute Gasteiger partial charge is 0.373 e. The highest BCUT2D eigenvalue weighted by molar-refractivity contribution is 5.85. The Morgan fingerprint density at radius 2 is 1.62 bits per heavy atom. The van der Waals surface area contributed by atoms with Gasteiger partial charge in [0.05, 0.1) is 0 Å². The zero-order valence-electron chi connectivity index (χ0n) is 11.3. The molecular weight excluding hydrogens is 200 g/mol. The van der Waals surface area contributed by atoms with Gasteiger partial charge in [-0.2, -0.15) is 0 Å². The predicted octanol–water partition coefficient (Wildman–Crippen LogP) is 3.30. The van der Waals surface area contributed by atoms with Gasteiger partial charge in [0, 0.05) is 13.0 Å². The number of hydrogen-bond acceptors (Lipinski definition) is 2. The first-order chi connectivity index (χ1) is 7.45. The maximum atomic E-state index is 12.3. The second-order valence-electron chi connectivity index (χ2n) is 5.92. The molecular formula is C14H26O2. The molecule has 1 rings (SSSR count). The van der Waals surface area contributed by atoms with Crippen LogP contribution in [0.15, 0.2) is 0 Å². The molecule has 1 aliphatic carbocycles. The van der Waals surface area contributed by atoms with Crippen molar-refractivity contribution in [1.29, 1.82) is 0 Å². The molecule has 1 aliphatic rings. The van der Waals surface area contributed by atoms with Crippen LogP contribution >= 0.6 is 0 Å². The van der Waals surface area contributed by atoms with Crippen molar-refractivity contribution in [1.82, 2.24) is 0 Å². The molecule has 0 saturated heterocycles. The topological polar surface area (TPSA) is 26.3 Å². The van der Waals surface area contributed by atoms with Crippen LogP contribution < -0.4 is 0 Å². The van der Waals surface area contributed by atoms with Gasteiger partial charge in [-0.25, -0.2) is 0 Å². The van der Waals surface area contributed by atoms with E-state index in [0.29, 0.717) is 17.6 Å². The summed E-state index contributed by atoms with van der Waals surface area (Å²) in [5, 5.41) is 0. The van der Waals surface area contributed by atoms with E-state index < -0.39 is 0 Å². The van der Waals surface area contributed by atoms with Gasteiger partial charge in [0.25, 0.3) is 0 Å². The zero-order chi connectivity index (χ0) is 12.3. The summed E-state index contributed by atoms with van der Waals surface area (Å²) in [4.78, 5) is 12.3. The Bertz CT molecular complexity index is 225. The summed E-state index contributed by atoms with van der Waals surface area (Å²) in [5.41, 5.74) is 0. The fourth-order valence-electron chi connectivity index (χ4n) is 3.13. The van der Waals surface area contributed by atoms with Crippen LogP contribution in [0, 0.1) is 23.7 Å². The standard InChI is InChI=1S/C14H26O2/c1-9(2)14(16-5)13(15)12-7-10(3)6-11(4)8-12/h9-12,14H,6-8H2,1-5H3. The van der Waals surface area contributed by atoms with Crippen LogP contribution in [0.4, 0.5) is 0 Å². The Kier molecular flexibility index (Phi) is 4.97. The van der Waals surface area contributed by atoms with Crippen LogP contribution in [-0.4, -0.2) is 19.0 Å². The van der Waals surface area contributed by atoms with E-state index in [1.54, 1.807) is 7.11 Å². The molecule has 1 saturated carbocycles. The number of carbonyl (C=O) groups is 1. The van der Waals surface area contributed by atoms with Crippen LogP contribution in [0.3, 0.4) is 0 Å². The molecule has 2 heteroatoms. The van der Waals surface area contributed by atoms with Crippen LogP contribution in [0.5, 0.6) is 0 Å². The number of rotatable bonds is 4. The summed E-state index contributed by atoms with van der Waals surface area (Å²) in [6, 6.07) is 0. The van der Waals surface area contributed by atoms with Crippen LogP contribution in [0.25, 0.3) is 0 Å². The van der Waals surface area contributed by atoms with Crippen LogP contribution in [0.1, 0.15) is 47.0 Å². The van der Waals surface area contributed by atoms with E-state index in [0.717, 1.165) is 12.8 Å². The minimum absolute atomic E-state index is 0.206. The molecule has 94 valence electrons. The second kappa shape index (κ2) is 5.81. The van der Waals surface area contributed by atoms with Gasteiger partial charge in [0.15, 0.2) is 5.78 Å². The SMILES string of the molecule is COC(C(=O)C1CC(C)CC(C)C1)C(C)C. The van der Waals surface area contributed by atoms with Crippen molar-refractivity contribution >= 4 is 5.78 Å². The molecule has 0 aromatic carbocycles. The van der Waals surface area contributed by atoms with Crippen molar-refractivity contribution in [3.05, 3.63) is 0 Å². The first-order valence-corrected chi connectivity index (χ1v) is 6.52. The molecule has 0 spiro atoms. The van der Waals surface area contributed by atoms with E-state index in [-0.39, 0.29) is 17.9 Å². The van der Waals surface area contributed by atoms with Gasteiger partial charge in [-0.1, -0.05) is 27.7 Å². The summed E-state index contributed by atoms with van der Waals surface area (Å²) in [6.45, 7) is 8.63. The third-order valence-corrected chi connectivity index (χ3v) is 3.72. The molecule has 3 atom stereocenters. The van der Waals surface area contributed by atoms with E-state index in [9.17, 15) is 4.79 Å². The zero-order valence-corrected chi connectivity index (χ0v) is 11.3. The maximum absolute atomic E-state index is 12.3. The molecule has 0 bridgehead atoms. The van der Waals surface area contributed by atoms with Gasteiger partial charge in [0.2, 0.25) is 0 Å².